The van der Waals surface area contributed by atoms with Crippen molar-refractivity contribution in [2.45, 2.75) is 26.7 Å². The number of hydrogen-bond donors (Lipinski definition) is 1. The van der Waals surface area contributed by atoms with E-state index in [2.05, 4.69) is 5.32 Å². The smallest absolute Gasteiger partial charge is 0.338 e. The van der Waals surface area contributed by atoms with Gasteiger partial charge in [-0.2, -0.15) is 0 Å². The summed E-state index contributed by atoms with van der Waals surface area (Å²) in [5.74, 6) is 0.912. The Bertz CT molecular complexity index is 678. The van der Waals surface area contributed by atoms with Gasteiger partial charge in [0.15, 0.2) is 0 Å². The fraction of sp³-hybridized carbons (Fsp3) is 0.263. The van der Waals surface area contributed by atoms with E-state index >= 15 is 0 Å². The Hall–Kier alpha value is -2.82. The highest BCUT2D eigenvalue weighted by Gasteiger charge is 2.06. The van der Waals surface area contributed by atoms with E-state index in [0.29, 0.717) is 30.1 Å². The van der Waals surface area contributed by atoms with Gasteiger partial charge in [0.1, 0.15) is 11.5 Å². The Balaban J connectivity index is 1.96. The Morgan fingerprint density at radius 3 is 2.04 bits per heavy atom. The van der Waals surface area contributed by atoms with Crippen LogP contribution < -0.4 is 10.1 Å². The van der Waals surface area contributed by atoms with Crippen molar-refractivity contribution >= 4 is 17.6 Å². The minimum atomic E-state index is -0.351. The van der Waals surface area contributed by atoms with Gasteiger partial charge in [-0.15, -0.1) is 0 Å². The van der Waals surface area contributed by atoms with Crippen LogP contribution in [0, 0.1) is 0 Å². The summed E-state index contributed by atoms with van der Waals surface area (Å²) in [7, 11) is 0. The summed E-state index contributed by atoms with van der Waals surface area (Å²) < 4.78 is 10.6. The SMILES string of the molecule is CCCC(=O)Nc1ccc(Oc2ccc(C(=O)OCC)cc2)cc1. The standard InChI is InChI=1S/C19H21NO4/c1-3-5-18(21)20-15-8-12-17(13-9-15)24-16-10-6-14(7-11-16)19(22)23-4-2/h6-13H,3-5H2,1-2H3,(H,20,21). The van der Waals surface area contributed by atoms with Gasteiger partial charge in [-0.1, -0.05) is 6.92 Å². The summed E-state index contributed by atoms with van der Waals surface area (Å²) in [4.78, 5) is 23.1. The van der Waals surface area contributed by atoms with Crippen LogP contribution in [0.2, 0.25) is 0 Å². The summed E-state index contributed by atoms with van der Waals surface area (Å²) in [5.41, 5.74) is 1.22. The maximum absolute atomic E-state index is 11.6. The molecule has 0 fully saturated rings. The van der Waals surface area contributed by atoms with E-state index in [9.17, 15) is 9.59 Å². The van der Waals surface area contributed by atoms with Gasteiger partial charge >= 0.3 is 5.97 Å². The first-order valence-electron chi connectivity index (χ1n) is 7.97. The van der Waals surface area contributed by atoms with E-state index in [4.69, 9.17) is 9.47 Å². The topological polar surface area (TPSA) is 64.6 Å². The van der Waals surface area contributed by atoms with Crippen molar-refractivity contribution < 1.29 is 19.1 Å². The number of amides is 1. The molecule has 0 saturated carbocycles. The first-order valence-corrected chi connectivity index (χ1v) is 7.97. The summed E-state index contributed by atoms with van der Waals surface area (Å²) >= 11 is 0. The third kappa shape index (κ3) is 5.12. The van der Waals surface area contributed by atoms with Crippen molar-refractivity contribution in [2.24, 2.45) is 0 Å². The van der Waals surface area contributed by atoms with Gasteiger partial charge in [0.05, 0.1) is 12.2 Å². The molecule has 1 amide bonds. The Kier molecular flexibility index (Phi) is 6.37. The molecule has 2 rings (SSSR count). The van der Waals surface area contributed by atoms with Crippen LogP contribution in [0.15, 0.2) is 48.5 Å². The second kappa shape index (κ2) is 8.72. The molecule has 0 aromatic heterocycles. The minimum absolute atomic E-state index is 0.000669. The zero-order chi connectivity index (χ0) is 17.4. The molecule has 0 aliphatic rings. The van der Waals surface area contributed by atoms with Crippen LogP contribution in [0.4, 0.5) is 5.69 Å². The lowest BCUT2D eigenvalue weighted by Gasteiger charge is -2.08. The van der Waals surface area contributed by atoms with Crippen LogP contribution in [0.3, 0.4) is 0 Å². The number of anilines is 1. The van der Waals surface area contributed by atoms with Gasteiger partial charge in [0.25, 0.3) is 0 Å². The molecule has 0 saturated heterocycles. The highest BCUT2D eigenvalue weighted by Crippen LogP contribution is 2.23. The van der Waals surface area contributed by atoms with E-state index in [1.54, 1.807) is 55.5 Å². The molecule has 0 bridgehead atoms. The molecule has 2 aromatic carbocycles. The summed E-state index contributed by atoms with van der Waals surface area (Å²) in [6, 6.07) is 13.9. The minimum Gasteiger partial charge on any atom is -0.462 e. The molecule has 5 heteroatoms. The fourth-order valence-corrected chi connectivity index (χ4v) is 2.07. The molecule has 0 heterocycles. The van der Waals surface area contributed by atoms with E-state index in [1.807, 2.05) is 6.92 Å². The third-order valence-corrected chi connectivity index (χ3v) is 3.22. The van der Waals surface area contributed by atoms with E-state index in [1.165, 1.54) is 0 Å². The van der Waals surface area contributed by atoms with Crippen molar-refractivity contribution in [3.05, 3.63) is 54.1 Å². The van der Waals surface area contributed by atoms with Crippen LogP contribution in [0.5, 0.6) is 11.5 Å². The van der Waals surface area contributed by atoms with Crippen LogP contribution in [0.1, 0.15) is 37.0 Å². The van der Waals surface area contributed by atoms with Gasteiger partial charge in [-0.05, 0) is 61.9 Å². The van der Waals surface area contributed by atoms with Crippen LogP contribution in [-0.4, -0.2) is 18.5 Å². The van der Waals surface area contributed by atoms with Crippen molar-refractivity contribution in [3.8, 4) is 11.5 Å². The van der Waals surface area contributed by atoms with Crippen molar-refractivity contribution in [3.63, 3.8) is 0 Å². The second-order valence-corrected chi connectivity index (χ2v) is 5.17. The quantitative estimate of drug-likeness (QED) is 0.766. The molecular formula is C19H21NO4. The molecule has 5 nitrogen and oxygen atoms in total. The number of ether oxygens (including phenoxy) is 2. The number of rotatable bonds is 7. The normalized spacial score (nSPS) is 10.1. The average Bonchev–Trinajstić information content (AvgIpc) is 2.58. The van der Waals surface area contributed by atoms with Crippen molar-refractivity contribution in [2.75, 3.05) is 11.9 Å². The summed E-state index contributed by atoms with van der Waals surface area (Å²) in [6.07, 6.45) is 1.32. The molecule has 0 unspecified atom stereocenters. The summed E-state index contributed by atoms with van der Waals surface area (Å²) in [5, 5.41) is 2.82. The lowest BCUT2D eigenvalue weighted by molar-refractivity contribution is -0.116. The van der Waals surface area contributed by atoms with Crippen molar-refractivity contribution in [1.29, 1.82) is 0 Å². The molecule has 24 heavy (non-hydrogen) atoms. The molecule has 126 valence electrons. The van der Waals surface area contributed by atoms with E-state index < -0.39 is 0 Å². The number of carbonyl (C=O) groups excluding carboxylic acids is 2. The lowest BCUT2D eigenvalue weighted by atomic mass is 10.2. The molecule has 0 radical (unpaired) electrons. The van der Waals surface area contributed by atoms with Crippen molar-refractivity contribution in [1.82, 2.24) is 0 Å². The van der Waals surface area contributed by atoms with Gasteiger partial charge in [0, 0.05) is 12.1 Å². The van der Waals surface area contributed by atoms with Crippen LogP contribution in [-0.2, 0) is 9.53 Å². The first kappa shape index (κ1) is 17.5. The summed E-state index contributed by atoms with van der Waals surface area (Å²) in [6.45, 7) is 4.08. The maximum Gasteiger partial charge on any atom is 0.338 e. The average molecular weight is 327 g/mol. The number of hydrogen-bond acceptors (Lipinski definition) is 4. The zero-order valence-electron chi connectivity index (χ0n) is 13.9. The second-order valence-electron chi connectivity index (χ2n) is 5.17. The highest BCUT2D eigenvalue weighted by molar-refractivity contribution is 5.90. The van der Waals surface area contributed by atoms with E-state index in [-0.39, 0.29) is 11.9 Å². The molecule has 0 aliphatic carbocycles. The molecule has 2 aromatic rings. The first-order chi connectivity index (χ1) is 11.6. The number of esters is 1. The van der Waals surface area contributed by atoms with Gasteiger partial charge in [-0.25, -0.2) is 4.79 Å². The van der Waals surface area contributed by atoms with Gasteiger partial charge in [0.2, 0.25) is 5.91 Å². The highest BCUT2D eigenvalue weighted by atomic mass is 16.5. The number of nitrogens with one attached hydrogen (secondary N) is 1. The molecule has 0 atom stereocenters. The third-order valence-electron chi connectivity index (χ3n) is 3.22. The van der Waals surface area contributed by atoms with Gasteiger partial charge < -0.3 is 14.8 Å². The monoisotopic (exact) mass is 327 g/mol. The predicted octanol–water partition coefficient (Wildman–Crippen LogP) is 4.39. The Morgan fingerprint density at radius 1 is 0.917 bits per heavy atom. The fourth-order valence-electron chi connectivity index (χ4n) is 2.07. The number of carbonyl (C=O) groups is 2. The van der Waals surface area contributed by atoms with Crippen LogP contribution >= 0.6 is 0 Å². The maximum atomic E-state index is 11.6. The Morgan fingerprint density at radius 2 is 1.50 bits per heavy atom. The molecule has 0 spiro atoms. The largest absolute Gasteiger partial charge is 0.462 e. The molecular weight excluding hydrogens is 306 g/mol. The zero-order valence-corrected chi connectivity index (χ0v) is 13.9. The predicted molar refractivity (Wildman–Crippen MR) is 92.5 cm³/mol. The van der Waals surface area contributed by atoms with Crippen LogP contribution in [0.25, 0.3) is 0 Å². The molecule has 1 N–H and O–H groups in total. The molecule has 0 aliphatic heterocycles. The van der Waals surface area contributed by atoms with Gasteiger partial charge in [-0.3, -0.25) is 4.79 Å². The number of benzene rings is 2. The lowest BCUT2D eigenvalue weighted by Crippen LogP contribution is -2.10. The Labute approximate surface area is 141 Å². The van der Waals surface area contributed by atoms with E-state index in [0.717, 1.165) is 12.1 Å².